The Morgan fingerprint density at radius 2 is 1.80 bits per heavy atom. The van der Waals surface area contributed by atoms with Gasteiger partial charge in [-0.05, 0) is 68.9 Å². The summed E-state index contributed by atoms with van der Waals surface area (Å²) < 4.78 is 32.4. The summed E-state index contributed by atoms with van der Waals surface area (Å²) in [5.74, 6) is -0.860. The van der Waals surface area contributed by atoms with Crippen LogP contribution in [0.25, 0.3) is 22.7 Å². The Morgan fingerprint density at radius 3 is 2.46 bits per heavy atom. The molecule has 2 unspecified atom stereocenters. The van der Waals surface area contributed by atoms with E-state index in [0.29, 0.717) is 45.4 Å². The lowest BCUT2D eigenvalue weighted by Crippen LogP contribution is -2.45. The molecule has 2 aromatic carbocycles. The minimum atomic E-state index is -1.33. The molecule has 0 spiro atoms. The van der Waals surface area contributed by atoms with Crippen LogP contribution in [0.4, 0.5) is 10.4 Å². The van der Waals surface area contributed by atoms with Crippen molar-refractivity contribution in [3.63, 3.8) is 0 Å². The number of hydrogen-bond acceptors (Lipinski definition) is 8. The van der Waals surface area contributed by atoms with Gasteiger partial charge in [-0.25, -0.2) is 9.18 Å². The summed E-state index contributed by atoms with van der Waals surface area (Å²) in [5, 5.41) is 22.8. The van der Waals surface area contributed by atoms with Gasteiger partial charge in [-0.2, -0.15) is 0 Å². The fraction of sp³-hybridized carbons (Fsp3) is 0.379. The number of carboxylic acid groups (broad SMARTS) is 1. The van der Waals surface area contributed by atoms with Crippen LogP contribution < -0.4 is 4.90 Å². The number of carboxylic acids is 1. The average Bonchev–Trinajstić information content (AvgIpc) is 3.41. The Morgan fingerprint density at radius 1 is 1.07 bits per heavy atom. The molecule has 0 amide bonds. The Labute approximate surface area is 244 Å². The zero-order valence-electron chi connectivity index (χ0n) is 21.7. The number of piperidine rings is 1. The van der Waals surface area contributed by atoms with Crippen LogP contribution in [-0.2, 0) is 11.3 Å². The minimum absolute atomic E-state index is 0.0142. The van der Waals surface area contributed by atoms with Gasteiger partial charge in [0.15, 0.2) is 0 Å². The predicted molar refractivity (Wildman–Crippen MR) is 148 cm³/mol. The molecule has 9 nitrogen and oxygen atoms in total. The molecule has 212 valence electrons. The van der Waals surface area contributed by atoms with Crippen LogP contribution in [0.15, 0.2) is 45.3 Å². The molecule has 2 bridgehead atoms. The maximum absolute atomic E-state index is 14.2. The lowest BCUT2D eigenvalue weighted by Gasteiger charge is -2.37. The van der Waals surface area contributed by atoms with Crippen molar-refractivity contribution in [3.05, 3.63) is 69.1 Å². The highest BCUT2D eigenvalue weighted by Gasteiger charge is 2.44. The first-order valence-electron chi connectivity index (χ1n) is 13.6. The number of ether oxygens (including phenoxy) is 1. The Hall–Kier alpha value is -3.47. The molecule has 3 aliphatic rings. The Kier molecular flexibility index (Phi) is 6.72. The summed E-state index contributed by atoms with van der Waals surface area (Å²) in [6, 6.07) is 9.81. The van der Waals surface area contributed by atoms with Gasteiger partial charge < -0.3 is 23.7 Å². The molecule has 4 heterocycles. The van der Waals surface area contributed by atoms with Crippen LogP contribution in [0.1, 0.15) is 66.1 Å². The van der Waals surface area contributed by atoms with E-state index in [1.807, 2.05) is 0 Å². The highest BCUT2D eigenvalue weighted by molar-refractivity contribution is 6.39. The summed E-state index contributed by atoms with van der Waals surface area (Å²) >= 11 is 13.0. The summed E-state index contributed by atoms with van der Waals surface area (Å²) in [6.45, 7) is 0.346. The Balaban J connectivity index is 1.07. The topological polar surface area (TPSA) is 115 Å². The SMILES string of the molecule is O=C(O)c1ccc(-c2nnc(N3C4CCC3CC(OCc3c(-c5c(Cl)cccc5Cl)noc3C3CC3)C4)o2)cc1F. The van der Waals surface area contributed by atoms with Gasteiger partial charge in [0.05, 0.1) is 28.3 Å². The lowest BCUT2D eigenvalue weighted by atomic mass is 10.00. The number of nitrogens with zero attached hydrogens (tertiary/aromatic N) is 4. The van der Waals surface area contributed by atoms with Gasteiger partial charge in [0.25, 0.3) is 0 Å². The number of aromatic nitrogens is 3. The quantitative estimate of drug-likeness (QED) is 0.226. The zero-order valence-corrected chi connectivity index (χ0v) is 23.2. The number of anilines is 1. The van der Waals surface area contributed by atoms with Gasteiger partial charge in [-0.15, -0.1) is 5.10 Å². The molecule has 2 atom stereocenters. The van der Waals surface area contributed by atoms with E-state index < -0.39 is 17.3 Å². The maximum atomic E-state index is 14.2. The van der Waals surface area contributed by atoms with E-state index in [-0.39, 0.29) is 24.1 Å². The first-order chi connectivity index (χ1) is 19.9. The molecular formula is C29H25Cl2FN4O5. The monoisotopic (exact) mass is 598 g/mol. The smallest absolute Gasteiger partial charge is 0.338 e. The largest absolute Gasteiger partial charge is 0.478 e. The fourth-order valence-electron chi connectivity index (χ4n) is 6.08. The van der Waals surface area contributed by atoms with Crippen molar-refractivity contribution in [3.8, 4) is 22.7 Å². The van der Waals surface area contributed by atoms with Crippen molar-refractivity contribution >= 4 is 35.2 Å². The standard InChI is InChI=1S/C29H25Cl2FN4O5/c30-21-2-1-3-22(31)24(21)25-20(26(41-35-25)14-4-5-14)13-39-18-11-16-7-8-17(12-18)36(16)29-34-33-27(40-29)15-6-9-19(28(37)38)23(32)10-15/h1-3,6,9-10,14,16-18H,4-5,7-8,11-13H2,(H,37,38). The summed E-state index contributed by atoms with van der Waals surface area (Å²) in [5.41, 5.74) is 2.11. The molecular weight excluding hydrogens is 574 g/mol. The number of halogens is 3. The van der Waals surface area contributed by atoms with Gasteiger partial charge in [0.1, 0.15) is 17.3 Å². The third kappa shape index (κ3) is 4.87. The molecule has 4 aromatic rings. The van der Waals surface area contributed by atoms with Crippen LogP contribution >= 0.6 is 23.2 Å². The molecule has 2 aliphatic heterocycles. The van der Waals surface area contributed by atoms with Crippen LogP contribution in [0.2, 0.25) is 10.0 Å². The van der Waals surface area contributed by atoms with Gasteiger partial charge in [0.2, 0.25) is 5.89 Å². The van der Waals surface area contributed by atoms with Crippen molar-refractivity contribution in [2.24, 2.45) is 0 Å². The molecule has 1 aliphatic carbocycles. The predicted octanol–water partition coefficient (Wildman–Crippen LogP) is 7.13. The molecule has 2 aromatic heterocycles. The molecule has 1 saturated carbocycles. The molecule has 1 N–H and O–H groups in total. The third-order valence-electron chi connectivity index (χ3n) is 8.20. The van der Waals surface area contributed by atoms with E-state index in [1.54, 1.807) is 18.2 Å². The number of benzene rings is 2. The van der Waals surface area contributed by atoms with E-state index in [1.165, 1.54) is 12.1 Å². The number of rotatable bonds is 8. The van der Waals surface area contributed by atoms with Crippen LogP contribution in [-0.4, -0.2) is 44.6 Å². The Bertz CT molecular complexity index is 1600. The van der Waals surface area contributed by atoms with Crippen molar-refractivity contribution < 1.29 is 28.0 Å². The summed E-state index contributed by atoms with van der Waals surface area (Å²) in [6.07, 6.45) is 5.62. The second-order valence-electron chi connectivity index (χ2n) is 10.8. The third-order valence-corrected chi connectivity index (χ3v) is 8.83. The number of fused-ring (bicyclic) bond motifs is 2. The maximum Gasteiger partial charge on any atom is 0.338 e. The summed E-state index contributed by atoms with van der Waals surface area (Å²) in [7, 11) is 0. The van der Waals surface area contributed by atoms with Crippen molar-refractivity contribution in [1.29, 1.82) is 0 Å². The second-order valence-corrected chi connectivity index (χ2v) is 11.6. The number of aromatic carboxylic acids is 1. The van der Waals surface area contributed by atoms with E-state index in [0.717, 1.165) is 55.9 Å². The van der Waals surface area contributed by atoms with Crippen molar-refractivity contribution in [2.45, 2.75) is 69.2 Å². The molecule has 7 rings (SSSR count). The first-order valence-corrected chi connectivity index (χ1v) is 14.3. The van der Waals surface area contributed by atoms with E-state index in [4.69, 9.17) is 42.0 Å². The van der Waals surface area contributed by atoms with E-state index in [9.17, 15) is 9.18 Å². The van der Waals surface area contributed by atoms with E-state index >= 15 is 0 Å². The van der Waals surface area contributed by atoms with Crippen LogP contribution in [0.5, 0.6) is 0 Å². The summed E-state index contributed by atoms with van der Waals surface area (Å²) in [4.78, 5) is 13.3. The fourth-order valence-corrected chi connectivity index (χ4v) is 6.66. The van der Waals surface area contributed by atoms with Crippen LogP contribution in [0, 0.1) is 5.82 Å². The zero-order chi connectivity index (χ0) is 28.2. The van der Waals surface area contributed by atoms with Gasteiger partial charge in [0, 0.05) is 34.7 Å². The highest BCUT2D eigenvalue weighted by Crippen LogP contribution is 2.47. The van der Waals surface area contributed by atoms with Crippen LogP contribution in [0.3, 0.4) is 0 Å². The first kappa shape index (κ1) is 26.4. The number of hydrogen-bond donors (Lipinski definition) is 1. The average molecular weight is 599 g/mol. The van der Waals surface area contributed by atoms with E-state index in [2.05, 4.69) is 20.3 Å². The minimum Gasteiger partial charge on any atom is -0.478 e. The lowest BCUT2D eigenvalue weighted by molar-refractivity contribution is 0.0139. The molecule has 2 saturated heterocycles. The molecule has 12 heteroatoms. The van der Waals surface area contributed by atoms with Gasteiger partial charge in [-0.1, -0.05) is 39.5 Å². The van der Waals surface area contributed by atoms with Gasteiger partial charge in [-0.3, -0.25) is 0 Å². The molecule has 0 radical (unpaired) electrons. The second kappa shape index (κ2) is 10.4. The van der Waals surface area contributed by atoms with Crippen molar-refractivity contribution in [1.82, 2.24) is 15.4 Å². The highest BCUT2D eigenvalue weighted by atomic mass is 35.5. The molecule has 41 heavy (non-hydrogen) atoms. The molecule has 3 fully saturated rings. The normalized spacial score (nSPS) is 21.9. The van der Waals surface area contributed by atoms with Crippen molar-refractivity contribution in [2.75, 3.05) is 4.90 Å². The van der Waals surface area contributed by atoms with Gasteiger partial charge >= 0.3 is 12.0 Å². The number of carbonyl (C=O) groups is 1.